The fourth-order valence-electron chi connectivity index (χ4n) is 3.68. The van der Waals surface area contributed by atoms with Gasteiger partial charge in [-0.15, -0.1) is 0 Å². The van der Waals surface area contributed by atoms with E-state index < -0.39 is 39.4 Å². The molecule has 0 unspecified atom stereocenters. The summed E-state index contributed by atoms with van der Waals surface area (Å²) >= 11 is 5.79. The van der Waals surface area contributed by atoms with Gasteiger partial charge in [0.25, 0.3) is 0 Å². The van der Waals surface area contributed by atoms with Crippen LogP contribution in [0.2, 0.25) is 5.02 Å². The van der Waals surface area contributed by atoms with Gasteiger partial charge in [0.2, 0.25) is 10.0 Å². The van der Waals surface area contributed by atoms with Crippen molar-refractivity contribution in [3.8, 4) is 0 Å². The Labute approximate surface area is 185 Å². The van der Waals surface area contributed by atoms with Crippen LogP contribution in [0.15, 0.2) is 48.5 Å². The smallest absolute Gasteiger partial charge is 0.317 e. The van der Waals surface area contributed by atoms with Crippen LogP contribution in [-0.4, -0.2) is 33.0 Å². The van der Waals surface area contributed by atoms with E-state index in [1.54, 1.807) is 37.3 Å². The number of halogens is 2. The SMILES string of the molecule is CCOC(=O)[C@H]1C(=O)C=C(c2ccccc2NS(C)(=O)=O)C[C@H]1c1ccc(Cl)c(F)c1. The third kappa shape index (κ3) is 5.32. The standard InChI is InChI=1S/C22H21ClFNO5S/c1-3-30-22(27)21-16(13-8-9-17(23)18(24)11-13)10-14(12-20(21)26)15-6-4-5-7-19(15)25-31(2,28)29/h4-9,11-12,16,21,25H,3,10H2,1-2H3/t16-,21+/m0/s1. The van der Waals surface area contributed by atoms with Gasteiger partial charge in [0.1, 0.15) is 11.7 Å². The molecule has 31 heavy (non-hydrogen) atoms. The van der Waals surface area contributed by atoms with Crippen molar-refractivity contribution in [3.05, 3.63) is 70.5 Å². The van der Waals surface area contributed by atoms with Crippen molar-refractivity contribution in [2.45, 2.75) is 19.3 Å². The second-order valence-corrected chi connectivity index (χ2v) is 9.36. The molecule has 1 N–H and O–H groups in total. The lowest BCUT2D eigenvalue weighted by Gasteiger charge is -2.30. The molecule has 6 nitrogen and oxygen atoms in total. The van der Waals surface area contributed by atoms with Crippen LogP contribution < -0.4 is 4.72 Å². The molecule has 3 rings (SSSR count). The van der Waals surface area contributed by atoms with Gasteiger partial charge in [-0.3, -0.25) is 14.3 Å². The summed E-state index contributed by atoms with van der Waals surface area (Å²) in [4.78, 5) is 25.5. The molecule has 2 aromatic carbocycles. The van der Waals surface area contributed by atoms with E-state index in [1.165, 1.54) is 18.2 Å². The minimum Gasteiger partial charge on any atom is -0.465 e. The molecule has 1 aliphatic carbocycles. The quantitative estimate of drug-likeness (QED) is 0.511. The number of nitrogens with one attached hydrogen (secondary N) is 1. The Balaban J connectivity index is 2.09. The van der Waals surface area contributed by atoms with Crippen molar-refractivity contribution in [3.63, 3.8) is 0 Å². The van der Waals surface area contributed by atoms with Crippen LogP contribution in [-0.2, 0) is 24.3 Å². The summed E-state index contributed by atoms with van der Waals surface area (Å²) in [7, 11) is -3.56. The summed E-state index contributed by atoms with van der Waals surface area (Å²) in [5.41, 5.74) is 1.76. The van der Waals surface area contributed by atoms with Crippen LogP contribution >= 0.6 is 11.6 Å². The molecule has 0 heterocycles. The van der Waals surface area contributed by atoms with E-state index in [-0.39, 0.29) is 18.1 Å². The number of sulfonamides is 1. The molecular formula is C22H21ClFNO5S. The minimum atomic E-state index is -3.56. The van der Waals surface area contributed by atoms with E-state index in [2.05, 4.69) is 4.72 Å². The molecule has 1 aliphatic rings. The summed E-state index contributed by atoms with van der Waals surface area (Å²) in [6.45, 7) is 1.73. The van der Waals surface area contributed by atoms with Crippen LogP contribution in [0.3, 0.4) is 0 Å². The molecule has 0 aliphatic heterocycles. The molecule has 0 spiro atoms. The number of rotatable bonds is 6. The van der Waals surface area contributed by atoms with Gasteiger partial charge < -0.3 is 4.74 Å². The Bertz CT molecular complexity index is 1160. The van der Waals surface area contributed by atoms with Gasteiger partial charge in [-0.2, -0.15) is 0 Å². The van der Waals surface area contributed by atoms with E-state index in [1.807, 2.05) is 0 Å². The van der Waals surface area contributed by atoms with Crippen LogP contribution in [0.5, 0.6) is 0 Å². The zero-order valence-electron chi connectivity index (χ0n) is 16.9. The molecule has 2 aromatic rings. The van der Waals surface area contributed by atoms with E-state index in [0.29, 0.717) is 22.4 Å². The van der Waals surface area contributed by atoms with Crippen molar-refractivity contribution < 1.29 is 27.1 Å². The van der Waals surface area contributed by atoms with Crippen LogP contribution in [0, 0.1) is 11.7 Å². The van der Waals surface area contributed by atoms with E-state index in [9.17, 15) is 22.4 Å². The van der Waals surface area contributed by atoms with Gasteiger partial charge in [0.05, 0.1) is 23.6 Å². The summed E-state index contributed by atoms with van der Waals surface area (Å²) in [6, 6.07) is 10.8. The van der Waals surface area contributed by atoms with Crippen molar-refractivity contribution >= 4 is 44.6 Å². The first kappa shape index (κ1) is 23.0. The monoisotopic (exact) mass is 465 g/mol. The van der Waals surface area contributed by atoms with E-state index in [4.69, 9.17) is 16.3 Å². The normalized spacial score (nSPS) is 19.0. The maximum atomic E-state index is 14.2. The highest BCUT2D eigenvalue weighted by Gasteiger charge is 2.40. The molecule has 0 fully saturated rings. The van der Waals surface area contributed by atoms with Gasteiger partial charge in [-0.05, 0) is 48.8 Å². The highest BCUT2D eigenvalue weighted by Crippen LogP contribution is 2.42. The molecule has 0 saturated heterocycles. The number of benzene rings is 2. The van der Waals surface area contributed by atoms with Crippen molar-refractivity contribution in [1.29, 1.82) is 0 Å². The molecule has 2 atom stereocenters. The average Bonchev–Trinajstić information content (AvgIpc) is 2.68. The summed E-state index contributed by atoms with van der Waals surface area (Å²) in [5.74, 6) is -3.69. The zero-order chi connectivity index (χ0) is 22.8. The lowest BCUT2D eigenvalue weighted by molar-refractivity contribution is -0.151. The third-order valence-corrected chi connectivity index (χ3v) is 5.84. The predicted molar refractivity (Wildman–Crippen MR) is 117 cm³/mol. The topological polar surface area (TPSA) is 89.5 Å². The van der Waals surface area contributed by atoms with Crippen LogP contribution in [0.4, 0.5) is 10.1 Å². The molecular weight excluding hydrogens is 445 g/mol. The zero-order valence-corrected chi connectivity index (χ0v) is 18.5. The number of para-hydroxylation sites is 1. The Morgan fingerprint density at radius 2 is 1.97 bits per heavy atom. The second-order valence-electron chi connectivity index (χ2n) is 7.21. The lowest BCUT2D eigenvalue weighted by atomic mass is 9.73. The maximum absolute atomic E-state index is 14.2. The third-order valence-electron chi connectivity index (χ3n) is 4.95. The highest BCUT2D eigenvalue weighted by atomic mass is 35.5. The predicted octanol–water partition coefficient (Wildman–Crippen LogP) is 4.17. The summed E-state index contributed by atoms with van der Waals surface area (Å²) in [5, 5.41) is -0.0722. The number of hydrogen-bond donors (Lipinski definition) is 1. The molecule has 0 saturated carbocycles. The molecule has 0 radical (unpaired) electrons. The first-order valence-corrected chi connectivity index (χ1v) is 11.8. The largest absolute Gasteiger partial charge is 0.465 e. The van der Waals surface area contributed by atoms with Gasteiger partial charge in [-0.25, -0.2) is 12.8 Å². The molecule has 0 aromatic heterocycles. The highest BCUT2D eigenvalue weighted by molar-refractivity contribution is 7.92. The first-order valence-electron chi connectivity index (χ1n) is 9.54. The molecule has 9 heteroatoms. The Hall–Kier alpha value is -2.71. The maximum Gasteiger partial charge on any atom is 0.317 e. The number of carbonyl (C=O) groups excluding carboxylic acids is 2. The fraction of sp³-hybridized carbons (Fsp3) is 0.273. The van der Waals surface area contributed by atoms with Crippen LogP contribution in [0.25, 0.3) is 5.57 Å². The average molecular weight is 466 g/mol. The Morgan fingerprint density at radius 3 is 2.61 bits per heavy atom. The molecule has 164 valence electrons. The number of allylic oxidation sites excluding steroid dienone is 2. The fourth-order valence-corrected chi connectivity index (χ4v) is 4.37. The second kappa shape index (κ2) is 9.20. The van der Waals surface area contributed by atoms with Gasteiger partial charge >= 0.3 is 5.97 Å². The van der Waals surface area contributed by atoms with E-state index in [0.717, 1.165) is 6.26 Å². The van der Waals surface area contributed by atoms with Crippen molar-refractivity contribution in [2.75, 3.05) is 17.6 Å². The number of hydrogen-bond acceptors (Lipinski definition) is 5. The van der Waals surface area contributed by atoms with E-state index >= 15 is 0 Å². The minimum absolute atomic E-state index is 0.0722. The van der Waals surface area contributed by atoms with Crippen LogP contribution in [0.1, 0.15) is 30.4 Å². The van der Waals surface area contributed by atoms with Crippen molar-refractivity contribution in [1.82, 2.24) is 0 Å². The Morgan fingerprint density at radius 1 is 1.26 bits per heavy atom. The number of ketones is 1. The summed E-state index contributed by atoms with van der Waals surface area (Å²) in [6.07, 6.45) is 2.55. The summed E-state index contributed by atoms with van der Waals surface area (Å²) < 4.78 is 45.2. The molecule has 0 amide bonds. The Kier molecular flexibility index (Phi) is 6.81. The first-order chi connectivity index (χ1) is 14.6. The van der Waals surface area contributed by atoms with Gasteiger partial charge in [0, 0.05) is 11.5 Å². The van der Waals surface area contributed by atoms with Gasteiger partial charge in [-0.1, -0.05) is 35.9 Å². The van der Waals surface area contributed by atoms with Gasteiger partial charge in [0.15, 0.2) is 5.78 Å². The van der Waals surface area contributed by atoms with Crippen molar-refractivity contribution in [2.24, 2.45) is 5.92 Å². The molecule has 0 bridgehead atoms. The number of ether oxygens (including phenoxy) is 1. The number of carbonyl (C=O) groups is 2. The number of anilines is 1. The number of esters is 1. The lowest BCUT2D eigenvalue weighted by Crippen LogP contribution is -2.34.